The van der Waals surface area contributed by atoms with Gasteiger partial charge in [0.15, 0.2) is 11.6 Å². The van der Waals surface area contributed by atoms with Crippen molar-refractivity contribution in [2.45, 2.75) is 26.9 Å². The van der Waals surface area contributed by atoms with Crippen LogP contribution in [0.2, 0.25) is 0 Å². The van der Waals surface area contributed by atoms with Crippen LogP contribution in [0.25, 0.3) is 5.70 Å². The van der Waals surface area contributed by atoms with Crippen molar-refractivity contribution >= 4 is 29.4 Å². The molecule has 8 nitrogen and oxygen atoms in total. The Hall–Kier alpha value is -3.75. The third-order valence-electron chi connectivity index (χ3n) is 4.76. The van der Waals surface area contributed by atoms with E-state index in [-0.39, 0.29) is 18.2 Å². The molecule has 0 spiro atoms. The summed E-state index contributed by atoms with van der Waals surface area (Å²) in [7, 11) is 0. The lowest BCUT2D eigenvalue weighted by Crippen LogP contribution is -2.31. The molecule has 2 aromatic rings. The number of halogens is 1. The molecule has 9 heteroatoms. The standard InChI is InChI=1S/C22H26FN7O/c1-4-27-20-14-7-19(21(26)28-10-14)31-12(2)18-8-16(23)5-6-17(18)22(30-13(3)25)29-11-15(20)9-24/h5-10,12,24,27H,4,11H2,1-3H3,(H2,26,28)(H2,25,29,30)/b20-15+,24-9?/t12-/m1/s1. The third-order valence-corrected chi connectivity index (χ3v) is 4.76. The Morgan fingerprint density at radius 3 is 2.90 bits per heavy atom. The van der Waals surface area contributed by atoms with Crippen LogP contribution >= 0.6 is 0 Å². The van der Waals surface area contributed by atoms with Crippen molar-refractivity contribution < 1.29 is 9.13 Å². The second-order valence-corrected chi connectivity index (χ2v) is 7.07. The van der Waals surface area contributed by atoms with Crippen LogP contribution in [-0.2, 0) is 0 Å². The average molecular weight is 423 g/mol. The van der Waals surface area contributed by atoms with Crippen LogP contribution < -0.4 is 21.1 Å². The Morgan fingerprint density at radius 2 is 2.23 bits per heavy atom. The van der Waals surface area contributed by atoms with E-state index in [4.69, 9.17) is 21.3 Å². The number of anilines is 1. The maximum Gasteiger partial charge on any atom is 0.166 e. The molecular formula is C22H26FN7O. The van der Waals surface area contributed by atoms with Crippen LogP contribution in [0, 0.1) is 16.6 Å². The molecule has 0 amide bonds. The highest BCUT2D eigenvalue weighted by Gasteiger charge is 2.21. The molecule has 31 heavy (non-hydrogen) atoms. The van der Waals surface area contributed by atoms with Crippen molar-refractivity contribution in [2.75, 3.05) is 18.8 Å². The lowest BCUT2D eigenvalue weighted by molar-refractivity contribution is 0.227. The Kier molecular flexibility index (Phi) is 6.64. The second kappa shape index (κ2) is 9.38. The summed E-state index contributed by atoms with van der Waals surface area (Å²) in [6.07, 6.45) is 2.29. The molecule has 162 valence electrons. The molecular weight excluding hydrogens is 397 g/mol. The first-order valence-corrected chi connectivity index (χ1v) is 9.91. The number of nitrogens with one attached hydrogen (secondary N) is 4. The van der Waals surface area contributed by atoms with Gasteiger partial charge in [-0.1, -0.05) is 0 Å². The van der Waals surface area contributed by atoms with Crippen molar-refractivity contribution in [2.24, 2.45) is 4.99 Å². The number of hydrogen-bond donors (Lipinski definition) is 5. The molecule has 0 saturated heterocycles. The molecule has 0 unspecified atom stereocenters. The topological polar surface area (TPSA) is 132 Å². The number of fused-ring (bicyclic) bond motifs is 3. The Balaban J connectivity index is 2.27. The monoisotopic (exact) mass is 423 g/mol. The van der Waals surface area contributed by atoms with Crippen LogP contribution in [0.1, 0.15) is 43.6 Å². The molecule has 0 radical (unpaired) electrons. The number of aliphatic imine (C=N–C) groups is 1. The zero-order valence-electron chi connectivity index (χ0n) is 17.7. The van der Waals surface area contributed by atoms with Gasteiger partial charge in [0.2, 0.25) is 0 Å². The summed E-state index contributed by atoms with van der Waals surface area (Å²) in [5, 5.41) is 22.3. The molecule has 0 fully saturated rings. The van der Waals surface area contributed by atoms with E-state index in [9.17, 15) is 4.39 Å². The average Bonchev–Trinajstić information content (AvgIpc) is 2.73. The van der Waals surface area contributed by atoms with Crippen molar-refractivity contribution in [3.8, 4) is 5.75 Å². The van der Waals surface area contributed by atoms with Gasteiger partial charge < -0.3 is 26.5 Å². The van der Waals surface area contributed by atoms with Gasteiger partial charge in [0.25, 0.3) is 0 Å². The molecule has 3 rings (SSSR count). The lowest BCUT2D eigenvalue weighted by atomic mass is 10.0. The van der Waals surface area contributed by atoms with Gasteiger partial charge in [0.1, 0.15) is 23.6 Å². The zero-order chi connectivity index (χ0) is 22.5. The minimum absolute atomic E-state index is 0.0874. The molecule has 2 heterocycles. The van der Waals surface area contributed by atoms with Crippen LogP contribution in [0.3, 0.4) is 0 Å². The van der Waals surface area contributed by atoms with Gasteiger partial charge in [-0.05, 0) is 45.0 Å². The molecule has 1 aliphatic rings. The van der Waals surface area contributed by atoms with Crippen LogP contribution in [0.5, 0.6) is 5.75 Å². The highest BCUT2D eigenvalue weighted by Crippen LogP contribution is 2.31. The first kappa shape index (κ1) is 21.9. The summed E-state index contributed by atoms with van der Waals surface area (Å²) in [6, 6.07) is 6.08. The van der Waals surface area contributed by atoms with Gasteiger partial charge in [-0.25, -0.2) is 14.4 Å². The summed E-state index contributed by atoms with van der Waals surface area (Å²) in [6.45, 7) is 6.19. The van der Waals surface area contributed by atoms with E-state index in [1.807, 2.05) is 6.92 Å². The van der Waals surface area contributed by atoms with E-state index < -0.39 is 11.9 Å². The predicted octanol–water partition coefficient (Wildman–Crippen LogP) is 3.26. The smallest absolute Gasteiger partial charge is 0.166 e. The van der Waals surface area contributed by atoms with Crippen molar-refractivity contribution in [1.29, 1.82) is 10.8 Å². The SMILES string of the molecule is CCN/C1=C(\C=N)CN/C(=N\C(C)=N)c2ccc(F)cc2[C@@H](C)Oc2cc1cnc2N. The number of benzene rings is 1. The normalized spacial score (nSPS) is 19.9. The molecule has 1 aromatic carbocycles. The van der Waals surface area contributed by atoms with Gasteiger partial charge in [0.05, 0.1) is 0 Å². The molecule has 1 atom stereocenters. The van der Waals surface area contributed by atoms with Crippen molar-refractivity contribution in [1.82, 2.24) is 15.6 Å². The fourth-order valence-electron chi connectivity index (χ4n) is 3.36. The third kappa shape index (κ3) is 4.88. The fraction of sp³-hybridized carbons (Fsp3) is 0.273. The number of ether oxygens (including phenoxy) is 1. The van der Waals surface area contributed by atoms with Gasteiger partial charge in [-0.15, -0.1) is 0 Å². The highest BCUT2D eigenvalue weighted by atomic mass is 19.1. The van der Waals surface area contributed by atoms with Gasteiger partial charge in [-0.2, -0.15) is 0 Å². The second-order valence-electron chi connectivity index (χ2n) is 7.07. The predicted molar refractivity (Wildman–Crippen MR) is 121 cm³/mol. The number of rotatable bonds is 3. The first-order valence-electron chi connectivity index (χ1n) is 9.91. The molecule has 0 aliphatic carbocycles. The largest absolute Gasteiger partial charge is 0.482 e. The Morgan fingerprint density at radius 1 is 1.45 bits per heavy atom. The van der Waals surface area contributed by atoms with Crippen LogP contribution in [0.15, 0.2) is 41.0 Å². The van der Waals surface area contributed by atoms with E-state index >= 15 is 0 Å². The number of pyridine rings is 1. The zero-order valence-corrected chi connectivity index (χ0v) is 17.7. The van der Waals surface area contributed by atoms with Crippen molar-refractivity contribution in [3.05, 3.63) is 58.5 Å². The lowest BCUT2D eigenvalue weighted by Gasteiger charge is -2.23. The van der Waals surface area contributed by atoms with E-state index in [0.29, 0.717) is 46.1 Å². The Bertz CT molecular complexity index is 1080. The summed E-state index contributed by atoms with van der Waals surface area (Å²) in [5.41, 5.74) is 9.26. The maximum atomic E-state index is 14.1. The van der Waals surface area contributed by atoms with Crippen molar-refractivity contribution in [3.63, 3.8) is 0 Å². The van der Waals surface area contributed by atoms with E-state index in [0.717, 1.165) is 0 Å². The summed E-state index contributed by atoms with van der Waals surface area (Å²) < 4.78 is 20.2. The number of amidine groups is 2. The van der Waals surface area contributed by atoms with Crippen LogP contribution in [0.4, 0.5) is 10.2 Å². The van der Waals surface area contributed by atoms with Gasteiger partial charge >= 0.3 is 0 Å². The summed E-state index contributed by atoms with van der Waals surface area (Å²) >= 11 is 0. The minimum Gasteiger partial charge on any atom is -0.482 e. The summed E-state index contributed by atoms with van der Waals surface area (Å²) in [4.78, 5) is 8.56. The number of nitrogens with zero attached hydrogens (tertiary/aromatic N) is 2. The fourth-order valence-corrected chi connectivity index (χ4v) is 3.36. The number of nitrogens with two attached hydrogens (primary N) is 1. The van der Waals surface area contributed by atoms with Gasteiger partial charge in [0, 0.05) is 53.5 Å². The first-order chi connectivity index (χ1) is 14.8. The molecule has 1 aliphatic heterocycles. The molecule has 0 saturated carbocycles. The quantitative estimate of drug-likeness (QED) is 0.382. The molecule has 6 N–H and O–H groups in total. The maximum absolute atomic E-state index is 14.1. The van der Waals surface area contributed by atoms with E-state index in [2.05, 4.69) is 20.6 Å². The number of nitrogen functional groups attached to an aromatic ring is 1. The summed E-state index contributed by atoms with van der Waals surface area (Å²) in [5.74, 6) is 0.630. The van der Waals surface area contributed by atoms with E-state index in [1.165, 1.54) is 18.3 Å². The van der Waals surface area contributed by atoms with Crippen LogP contribution in [-0.4, -0.2) is 36.0 Å². The van der Waals surface area contributed by atoms with E-state index in [1.54, 1.807) is 32.2 Å². The van der Waals surface area contributed by atoms with Gasteiger partial charge in [-0.3, -0.25) is 5.41 Å². The Labute approximate surface area is 180 Å². The molecule has 2 bridgehead atoms. The highest BCUT2D eigenvalue weighted by molar-refractivity contribution is 6.06. The number of hydrogen-bond acceptors (Lipinski definition) is 6. The number of aromatic nitrogens is 1. The molecule has 1 aromatic heterocycles. The minimum atomic E-state index is -0.573.